The highest BCUT2D eigenvalue weighted by Gasteiger charge is 2.56. The third-order valence-corrected chi connectivity index (χ3v) is 6.68. The zero-order chi connectivity index (χ0) is 17.7. The van der Waals surface area contributed by atoms with E-state index in [1.807, 2.05) is 11.6 Å². The fourth-order valence-electron chi connectivity index (χ4n) is 4.31. The van der Waals surface area contributed by atoms with Crippen LogP contribution in [0.2, 0.25) is 0 Å². The predicted molar refractivity (Wildman–Crippen MR) is 99.8 cm³/mol. The Balaban J connectivity index is 1.23. The molecule has 2 aromatic heterocycles. The lowest BCUT2D eigenvalue weighted by atomic mass is 9.92. The van der Waals surface area contributed by atoms with E-state index in [1.54, 1.807) is 17.4 Å². The van der Waals surface area contributed by atoms with E-state index < -0.39 is 0 Å². The van der Waals surface area contributed by atoms with Crippen molar-refractivity contribution >= 4 is 28.5 Å². The molecule has 0 unspecified atom stereocenters. The number of rotatable bonds is 4. The summed E-state index contributed by atoms with van der Waals surface area (Å²) in [5, 5.41) is 3.22. The van der Waals surface area contributed by atoms with Crippen molar-refractivity contribution in [1.82, 2.24) is 14.9 Å². The van der Waals surface area contributed by atoms with Gasteiger partial charge in [0.2, 0.25) is 0 Å². The zero-order valence-corrected chi connectivity index (χ0v) is 15.5. The Labute approximate surface area is 155 Å². The number of fused-ring (bicyclic) bond motifs is 1. The van der Waals surface area contributed by atoms with Gasteiger partial charge in [-0.1, -0.05) is 0 Å². The molecule has 1 spiro atoms. The molecular weight excluding hydrogens is 351 g/mol. The number of thiazole rings is 1. The van der Waals surface area contributed by atoms with Crippen LogP contribution in [0.1, 0.15) is 24.3 Å². The minimum absolute atomic E-state index is 0.279. The van der Waals surface area contributed by atoms with Crippen molar-refractivity contribution in [3.8, 4) is 0 Å². The molecule has 5 nitrogen and oxygen atoms in total. The summed E-state index contributed by atoms with van der Waals surface area (Å²) < 4.78 is 19.2. The van der Waals surface area contributed by atoms with Gasteiger partial charge in [0.05, 0.1) is 6.54 Å². The summed E-state index contributed by atoms with van der Waals surface area (Å²) >= 11 is 1.72. The lowest BCUT2D eigenvalue weighted by molar-refractivity contribution is 0.237. The number of aromatic nitrogens is 2. The number of halogens is 1. The van der Waals surface area contributed by atoms with E-state index in [-0.39, 0.29) is 5.82 Å². The van der Waals surface area contributed by atoms with Crippen molar-refractivity contribution in [2.24, 2.45) is 5.41 Å². The van der Waals surface area contributed by atoms with Crippen LogP contribution in [-0.2, 0) is 6.54 Å². The predicted octanol–water partition coefficient (Wildman–Crippen LogP) is 3.91. The number of oxazole rings is 1. The molecule has 1 saturated carbocycles. The van der Waals surface area contributed by atoms with Crippen molar-refractivity contribution in [2.75, 3.05) is 25.0 Å². The number of piperidine rings is 1. The SMILES string of the molecule is CN(Cc1nccs1)[C@H]1CC12CCN(c1nc3cc(F)ccc3o1)CC2. The standard InChI is InChI=1S/C19H21FN4OS/c1-23(12-17-21-6-9-26-17)16-11-19(16)4-7-24(8-5-19)18-22-14-10-13(20)2-3-15(14)25-18/h2-3,6,9-10,16H,4-5,7-8,11-12H2,1H3/t16-/m0/s1. The molecule has 5 rings (SSSR count). The van der Waals surface area contributed by atoms with Crippen LogP contribution < -0.4 is 4.90 Å². The number of anilines is 1. The molecule has 3 heterocycles. The summed E-state index contributed by atoms with van der Waals surface area (Å²) in [5.74, 6) is -0.279. The van der Waals surface area contributed by atoms with Crippen LogP contribution in [0.5, 0.6) is 0 Å². The first-order chi connectivity index (χ1) is 12.6. The molecule has 2 fully saturated rings. The maximum Gasteiger partial charge on any atom is 0.298 e. The van der Waals surface area contributed by atoms with E-state index in [9.17, 15) is 4.39 Å². The summed E-state index contributed by atoms with van der Waals surface area (Å²) in [6, 6.07) is 5.75. The summed E-state index contributed by atoms with van der Waals surface area (Å²) in [6.45, 7) is 2.82. The van der Waals surface area contributed by atoms with Crippen molar-refractivity contribution < 1.29 is 8.81 Å². The molecule has 1 aliphatic carbocycles. The molecule has 1 saturated heterocycles. The smallest absolute Gasteiger partial charge is 0.298 e. The fourth-order valence-corrected chi connectivity index (χ4v) is 4.99. The minimum Gasteiger partial charge on any atom is -0.423 e. The Morgan fingerprint density at radius 3 is 3.00 bits per heavy atom. The molecular formula is C19H21FN4OS. The second-order valence-electron chi connectivity index (χ2n) is 7.52. The van der Waals surface area contributed by atoms with Gasteiger partial charge < -0.3 is 9.32 Å². The van der Waals surface area contributed by atoms with Gasteiger partial charge in [-0.05, 0) is 43.9 Å². The Hall–Kier alpha value is -1.99. The van der Waals surface area contributed by atoms with Gasteiger partial charge in [-0.25, -0.2) is 9.37 Å². The first-order valence-electron chi connectivity index (χ1n) is 9.03. The second kappa shape index (κ2) is 6.03. The quantitative estimate of drug-likeness (QED) is 0.695. The fraction of sp³-hybridized carbons (Fsp3) is 0.474. The average molecular weight is 372 g/mol. The molecule has 1 aliphatic heterocycles. The average Bonchev–Trinajstić information content (AvgIpc) is 3.00. The first-order valence-corrected chi connectivity index (χ1v) is 9.91. The van der Waals surface area contributed by atoms with Gasteiger partial charge in [0.15, 0.2) is 5.58 Å². The lowest BCUT2D eigenvalue weighted by Crippen LogP contribution is -2.38. The van der Waals surface area contributed by atoms with Gasteiger partial charge in [0.25, 0.3) is 6.01 Å². The van der Waals surface area contributed by atoms with Crippen LogP contribution in [0.4, 0.5) is 10.4 Å². The van der Waals surface area contributed by atoms with Gasteiger partial charge in [-0.2, -0.15) is 4.98 Å². The molecule has 136 valence electrons. The molecule has 3 aromatic rings. The topological polar surface area (TPSA) is 45.4 Å². The molecule has 1 aromatic carbocycles. The van der Waals surface area contributed by atoms with E-state index in [4.69, 9.17) is 4.42 Å². The minimum atomic E-state index is -0.279. The van der Waals surface area contributed by atoms with Crippen LogP contribution >= 0.6 is 11.3 Å². The highest BCUT2D eigenvalue weighted by Crippen LogP contribution is 2.56. The molecule has 7 heteroatoms. The third kappa shape index (κ3) is 2.79. The van der Waals surface area contributed by atoms with E-state index in [0.717, 1.165) is 32.5 Å². The zero-order valence-electron chi connectivity index (χ0n) is 14.7. The molecule has 0 radical (unpaired) electrons. The highest BCUT2D eigenvalue weighted by molar-refractivity contribution is 7.09. The van der Waals surface area contributed by atoms with Crippen LogP contribution in [0, 0.1) is 11.2 Å². The van der Waals surface area contributed by atoms with E-state index in [1.165, 1.54) is 23.6 Å². The number of hydrogen-bond acceptors (Lipinski definition) is 6. The van der Waals surface area contributed by atoms with Crippen molar-refractivity contribution in [3.05, 3.63) is 40.6 Å². The van der Waals surface area contributed by atoms with Crippen molar-refractivity contribution in [3.63, 3.8) is 0 Å². The molecule has 0 amide bonds. The summed E-state index contributed by atoms with van der Waals surface area (Å²) in [7, 11) is 2.21. The van der Waals surface area contributed by atoms with Gasteiger partial charge >= 0.3 is 0 Å². The number of hydrogen-bond donors (Lipinski definition) is 0. The van der Waals surface area contributed by atoms with Gasteiger partial charge in [0.1, 0.15) is 16.3 Å². The Morgan fingerprint density at radius 2 is 2.23 bits per heavy atom. The Morgan fingerprint density at radius 1 is 1.38 bits per heavy atom. The van der Waals surface area contributed by atoms with Crippen LogP contribution in [0.15, 0.2) is 34.2 Å². The molecule has 0 bridgehead atoms. The van der Waals surface area contributed by atoms with Crippen LogP contribution in [0.25, 0.3) is 11.1 Å². The van der Waals surface area contributed by atoms with Crippen molar-refractivity contribution in [2.45, 2.75) is 31.8 Å². The maximum absolute atomic E-state index is 13.3. The maximum atomic E-state index is 13.3. The van der Waals surface area contributed by atoms with Gasteiger partial charge in [0, 0.05) is 36.8 Å². The molecule has 26 heavy (non-hydrogen) atoms. The normalized spacial score (nSPS) is 21.8. The number of benzene rings is 1. The summed E-state index contributed by atoms with van der Waals surface area (Å²) in [6.07, 6.45) is 5.43. The molecule has 0 N–H and O–H groups in total. The summed E-state index contributed by atoms with van der Waals surface area (Å²) in [5.41, 5.74) is 1.67. The van der Waals surface area contributed by atoms with Crippen molar-refractivity contribution in [1.29, 1.82) is 0 Å². The molecule has 2 aliphatic rings. The van der Waals surface area contributed by atoms with Gasteiger partial charge in [-0.15, -0.1) is 11.3 Å². The summed E-state index contributed by atoms with van der Waals surface area (Å²) in [4.78, 5) is 13.5. The van der Waals surface area contributed by atoms with Gasteiger partial charge in [-0.3, -0.25) is 4.90 Å². The largest absolute Gasteiger partial charge is 0.423 e. The Kier molecular flexibility index (Phi) is 3.76. The van der Waals surface area contributed by atoms with E-state index in [0.29, 0.717) is 28.6 Å². The highest BCUT2D eigenvalue weighted by atomic mass is 32.1. The van der Waals surface area contributed by atoms with E-state index >= 15 is 0 Å². The lowest BCUT2D eigenvalue weighted by Gasteiger charge is -2.33. The third-order valence-electron chi connectivity index (χ3n) is 5.91. The van der Waals surface area contributed by atoms with E-state index in [2.05, 4.69) is 26.8 Å². The Bertz CT molecular complexity index is 917. The van der Waals surface area contributed by atoms with Crippen LogP contribution in [0.3, 0.4) is 0 Å². The monoisotopic (exact) mass is 372 g/mol. The first kappa shape index (κ1) is 16.2. The number of nitrogens with zero attached hydrogens (tertiary/aromatic N) is 4. The molecule has 1 atom stereocenters. The van der Waals surface area contributed by atoms with Crippen LogP contribution in [-0.4, -0.2) is 41.0 Å². The second-order valence-corrected chi connectivity index (χ2v) is 8.50.